The highest BCUT2D eigenvalue weighted by atomic mass is 32.2. The SMILES string of the molecule is CS(=O)(=O)c1ccc(C2CCC(NCCc3cccc4ccccc34)C2)cc1. The van der Waals surface area contributed by atoms with E-state index in [1.807, 2.05) is 12.1 Å². The molecule has 0 bridgehead atoms. The zero-order chi connectivity index (χ0) is 19.6. The number of hydrogen-bond acceptors (Lipinski definition) is 3. The van der Waals surface area contributed by atoms with Gasteiger partial charge < -0.3 is 5.32 Å². The van der Waals surface area contributed by atoms with Crippen molar-refractivity contribution in [3.63, 3.8) is 0 Å². The Morgan fingerprint density at radius 1 is 0.929 bits per heavy atom. The molecule has 1 fully saturated rings. The summed E-state index contributed by atoms with van der Waals surface area (Å²) in [7, 11) is -3.12. The van der Waals surface area contributed by atoms with Crippen LogP contribution in [0, 0.1) is 0 Å². The number of fused-ring (bicyclic) bond motifs is 1. The Morgan fingerprint density at radius 3 is 2.46 bits per heavy atom. The molecule has 3 aromatic rings. The van der Waals surface area contributed by atoms with E-state index in [0.717, 1.165) is 25.8 Å². The summed E-state index contributed by atoms with van der Waals surface area (Å²) in [4.78, 5) is 0.402. The van der Waals surface area contributed by atoms with Gasteiger partial charge in [-0.3, -0.25) is 0 Å². The number of nitrogens with one attached hydrogen (secondary N) is 1. The Bertz CT molecular complexity index is 1050. The van der Waals surface area contributed by atoms with Crippen molar-refractivity contribution in [1.29, 1.82) is 0 Å². The average Bonchev–Trinajstić information content (AvgIpc) is 3.17. The molecular formula is C24H27NO2S. The highest BCUT2D eigenvalue weighted by molar-refractivity contribution is 7.90. The molecular weight excluding hydrogens is 366 g/mol. The zero-order valence-corrected chi connectivity index (χ0v) is 17.1. The van der Waals surface area contributed by atoms with Crippen molar-refractivity contribution in [1.82, 2.24) is 5.32 Å². The third-order valence-electron chi connectivity index (χ3n) is 5.92. The van der Waals surface area contributed by atoms with Crippen LogP contribution in [0.2, 0.25) is 0 Å². The molecule has 0 saturated heterocycles. The summed E-state index contributed by atoms with van der Waals surface area (Å²) in [6, 6.07) is 23.1. The van der Waals surface area contributed by atoms with Gasteiger partial charge in [-0.1, -0.05) is 54.6 Å². The van der Waals surface area contributed by atoms with Gasteiger partial charge in [0, 0.05) is 12.3 Å². The molecule has 0 aromatic heterocycles. The van der Waals surface area contributed by atoms with Crippen LogP contribution in [0.5, 0.6) is 0 Å². The molecule has 2 atom stereocenters. The van der Waals surface area contributed by atoms with Crippen molar-refractivity contribution < 1.29 is 8.42 Å². The Labute approximate surface area is 167 Å². The fourth-order valence-corrected chi connectivity index (χ4v) is 5.01. The van der Waals surface area contributed by atoms with E-state index in [1.165, 1.54) is 34.6 Å². The topological polar surface area (TPSA) is 46.2 Å². The van der Waals surface area contributed by atoms with Gasteiger partial charge in [-0.2, -0.15) is 0 Å². The van der Waals surface area contributed by atoms with Crippen LogP contribution in [0.25, 0.3) is 10.8 Å². The summed E-state index contributed by atoms with van der Waals surface area (Å²) >= 11 is 0. The molecule has 1 aliphatic rings. The first-order valence-electron chi connectivity index (χ1n) is 10.0. The van der Waals surface area contributed by atoms with E-state index in [2.05, 4.69) is 47.8 Å². The standard InChI is InChI=1S/C24H27NO2S/c1-28(26,27)23-13-10-18(11-14-23)21-9-12-22(17-21)25-16-15-20-7-4-6-19-5-2-3-8-24(19)20/h2-8,10-11,13-14,21-22,25H,9,12,15-17H2,1H3. The molecule has 4 rings (SSSR count). The van der Waals surface area contributed by atoms with Crippen LogP contribution in [-0.4, -0.2) is 27.3 Å². The minimum atomic E-state index is -3.12. The van der Waals surface area contributed by atoms with Crippen LogP contribution >= 0.6 is 0 Å². The molecule has 0 aliphatic heterocycles. The molecule has 4 heteroatoms. The van der Waals surface area contributed by atoms with Gasteiger partial charge in [-0.25, -0.2) is 8.42 Å². The second-order valence-electron chi connectivity index (χ2n) is 7.89. The summed E-state index contributed by atoms with van der Waals surface area (Å²) < 4.78 is 23.2. The van der Waals surface area contributed by atoms with E-state index in [4.69, 9.17) is 0 Å². The highest BCUT2D eigenvalue weighted by Crippen LogP contribution is 2.34. The monoisotopic (exact) mass is 393 g/mol. The number of sulfone groups is 1. The van der Waals surface area contributed by atoms with Crippen molar-refractivity contribution in [3.8, 4) is 0 Å². The largest absolute Gasteiger partial charge is 0.314 e. The van der Waals surface area contributed by atoms with E-state index >= 15 is 0 Å². The van der Waals surface area contributed by atoms with Crippen molar-refractivity contribution in [2.24, 2.45) is 0 Å². The number of rotatable bonds is 6. The smallest absolute Gasteiger partial charge is 0.175 e. The molecule has 3 aromatic carbocycles. The Morgan fingerprint density at radius 2 is 1.68 bits per heavy atom. The third-order valence-corrected chi connectivity index (χ3v) is 7.05. The maximum atomic E-state index is 11.6. The number of benzene rings is 3. The average molecular weight is 394 g/mol. The fraction of sp³-hybridized carbons (Fsp3) is 0.333. The first-order chi connectivity index (χ1) is 13.5. The van der Waals surface area contributed by atoms with E-state index < -0.39 is 9.84 Å². The van der Waals surface area contributed by atoms with Crippen molar-refractivity contribution in [2.75, 3.05) is 12.8 Å². The quantitative estimate of drug-likeness (QED) is 0.660. The van der Waals surface area contributed by atoms with Crippen LogP contribution < -0.4 is 5.32 Å². The lowest BCUT2D eigenvalue weighted by Gasteiger charge is -2.15. The summed E-state index contributed by atoms with van der Waals surface area (Å²) in [6.45, 7) is 0.985. The summed E-state index contributed by atoms with van der Waals surface area (Å²) in [6.07, 6.45) is 5.74. The van der Waals surface area contributed by atoms with Crippen LogP contribution in [0.4, 0.5) is 0 Å². The molecule has 3 nitrogen and oxygen atoms in total. The normalized spacial score (nSPS) is 19.9. The summed E-state index contributed by atoms with van der Waals surface area (Å²) in [5, 5.41) is 6.39. The van der Waals surface area contributed by atoms with Gasteiger partial charge in [0.25, 0.3) is 0 Å². The van der Waals surface area contributed by atoms with E-state index in [1.54, 1.807) is 12.1 Å². The molecule has 0 radical (unpaired) electrons. The van der Waals surface area contributed by atoms with Crippen LogP contribution in [0.3, 0.4) is 0 Å². The number of hydrogen-bond donors (Lipinski definition) is 1. The molecule has 28 heavy (non-hydrogen) atoms. The lowest BCUT2D eigenvalue weighted by molar-refractivity contribution is 0.521. The van der Waals surface area contributed by atoms with Gasteiger partial charge in [0.15, 0.2) is 9.84 Å². The van der Waals surface area contributed by atoms with E-state index in [-0.39, 0.29) is 0 Å². The molecule has 2 unspecified atom stereocenters. The van der Waals surface area contributed by atoms with Crippen LogP contribution in [0.1, 0.15) is 36.3 Å². The van der Waals surface area contributed by atoms with Gasteiger partial charge in [0.05, 0.1) is 4.90 Å². The molecule has 1 N–H and O–H groups in total. The van der Waals surface area contributed by atoms with Crippen molar-refractivity contribution in [3.05, 3.63) is 77.9 Å². The first-order valence-corrected chi connectivity index (χ1v) is 11.9. The lowest BCUT2D eigenvalue weighted by atomic mass is 9.97. The Kier molecular flexibility index (Phi) is 5.51. The lowest BCUT2D eigenvalue weighted by Crippen LogP contribution is -2.28. The Hall–Kier alpha value is -2.17. The molecule has 0 spiro atoms. The van der Waals surface area contributed by atoms with Crippen molar-refractivity contribution >= 4 is 20.6 Å². The van der Waals surface area contributed by atoms with Gasteiger partial charge in [-0.15, -0.1) is 0 Å². The molecule has 1 saturated carbocycles. The summed E-state index contributed by atoms with van der Waals surface area (Å²) in [5.41, 5.74) is 2.65. The first kappa shape index (κ1) is 19.2. The van der Waals surface area contributed by atoms with Crippen molar-refractivity contribution in [2.45, 2.75) is 42.5 Å². The minimum absolute atomic E-state index is 0.402. The maximum Gasteiger partial charge on any atom is 0.175 e. The molecule has 0 amide bonds. The maximum absolute atomic E-state index is 11.6. The Balaban J connectivity index is 1.32. The summed E-state index contributed by atoms with van der Waals surface area (Å²) in [5.74, 6) is 0.517. The van der Waals surface area contributed by atoms with Gasteiger partial charge in [0.1, 0.15) is 0 Å². The van der Waals surface area contributed by atoms with Gasteiger partial charge >= 0.3 is 0 Å². The minimum Gasteiger partial charge on any atom is -0.314 e. The molecule has 0 heterocycles. The fourth-order valence-electron chi connectivity index (χ4n) is 4.38. The predicted molar refractivity (Wildman–Crippen MR) is 116 cm³/mol. The highest BCUT2D eigenvalue weighted by Gasteiger charge is 2.25. The van der Waals surface area contributed by atoms with Gasteiger partial charge in [-0.05, 0) is 72.2 Å². The van der Waals surface area contributed by atoms with Crippen LogP contribution in [-0.2, 0) is 16.3 Å². The molecule has 1 aliphatic carbocycles. The third kappa shape index (κ3) is 4.29. The van der Waals surface area contributed by atoms with Crippen LogP contribution in [0.15, 0.2) is 71.6 Å². The van der Waals surface area contributed by atoms with E-state index in [0.29, 0.717) is 16.9 Å². The van der Waals surface area contributed by atoms with E-state index in [9.17, 15) is 8.42 Å². The second-order valence-corrected chi connectivity index (χ2v) is 9.91. The van der Waals surface area contributed by atoms with Gasteiger partial charge in [0.2, 0.25) is 0 Å². The second kappa shape index (κ2) is 8.06. The molecule has 146 valence electrons. The zero-order valence-electron chi connectivity index (χ0n) is 16.3. The predicted octanol–water partition coefficient (Wildman–Crippen LogP) is 4.71.